The summed E-state index contributed by atoms with van der Waals surface area (Å²) in [6.07, 6.45) is 3.31. The van der Waals surface area contributed by atoms with Gasteiger partial charge in [-0.15, -0.1) is 0 Å². The predicted octanol–water partition coefficient (Wildman–Crippen LogP) is 2.11. The van der Waals surface area contributed by atoms with Crippen molar-refractivity contribution in [3.8, 4) is 0 Å². The van der Waals surface area contributed by atoms with Gasteiger partial charge in [-0.2, -0.15) is 0 Å². The second kappa shape index (κ2) is 9.45. The fourth-order valence-electron chi connectivity index (χ4n) is 7.83. The summed E-state index contributed by atoms with van der Waals surface area (Å²) in [7, 11) is 0. The molecular formula is C27H34O10. The molecule has 0 spiro atoms. The Morgan fingerprint density at radius 1 is 1.05 bits per heavy atom. The van der Waals surface area contributed by atoms with Crippen LogP contribution < -0.4 is 0 Å². The van der Waals surface area contributed by atoms with Gasteiger partial charge >= 0.3 is 17.9 Å². The van der Waals surface area contributed by atoms with Gasteiger partial charge < -0.3 is 20.1 Å². The zero-order chi connectivity index (χ0) is 27.3. The molecule has 37 heavy (non-hydrogen) atoms. The topological polar surface area (TPSA) is 172 Å². The van der Waals surface area contributed by atoms with E-state index in [0.29, 0.717) is 32.1 Å². The predicted molar refractivity (Wildman–Crippen MR) is 126 cm³/mol. The third kappa shape index (κ3) is 4.43. The minimum Gasteiger partial charge on any atom is -0.481 e. The molecule has 4 aliphatic carbocycles. The average Bonchev–Trinajstić information content (AvgIpc) is 3.08. The summed E-state index contributed by atoms with van der Waals surface area (Å²) in [6, 6.07) is 0. The number of ketones is 3. The zero-order valence-electron chi connectivity index (χ0n) is 21.2. The van der Waals surface area contributed by atoms with E-state index < -0.39 is 65.5 Å². The Morgan fingerprint density at radius 3 is 2.41 bits per heavy atom. The number of Topliss-reactive ketones (excluding diaryl/α,β-unsaturated/α-hetero) is 2. The van der Waals surface area contributed by atoms with E-state index in [4.69, 9.17) is 14.9 Å². The van der Waals surface area contributed by atoms with Crippen LogP contribution in [0.2, 0.25) is 0 Å². The van der Waals surface area contributed by atoms with Crippen LogP contribution in [0.25, 0.3) is 0 Å². The van der Waals surface area contributed by atoms with Crippen molar-refractivity contribution in [2.24, 2.45) is 34.5 Å². The first-order chi connectivity index (χ1) is 17.2. The van der Waals surface area contributed by atoms with E-state index in [2.05, 4.69) is 6.92 Å². The van der Waals surface area contributed by atoms with Crippen LogP contribution in [0, 0.1) is 34.5 Å². The highest BCUT2D eigenvalue weighted by atomic mass is 16.5. The van der Waals surface area contributed by atoms with Crippen LogP contribution in [0.15, 0.2) is 11.6 Å². The Labute approximate surface area is 214 Å². The van der Waals surface area contributed by atoms with Crippen molar-refractivity contribution in [3.05, 3.63) is 11.6 Å². The van der Waals surface area contributed by atoms with Crippen molar-refractivity contribution in [1.82, 2.24) is 0 Å². The second-order valence-corrected chi connectivity index (χ2v) is 11.7. The van der Waals surface area contributed by atoms with Crippen molar-refractivity contribution in [3.63, 3.8) is 0 Å². The number of fused-ring (bicyclic) bond motifs is 5. The summed E-state index contributed by atoms with van der Waals surface area (Å²) in [5.41, 5.74) is -2.29. The second-order valence-electron chi connectivity index (χ2n) is 11.7. The summed E-state index contributed by atoms with van der Waals surface area (Å²) in [4.78, 5) is 73.1. The Morgan fingerprint density at radius 2 is 1.76 bits per heavy atom. The quantitative estimate of drug-likeness (QED) is 0.404. The van der Waals surface area contributed by atoms with E-state index in [9.17, 15) is 33.9 Å². The Balaban J connectivity index is 1.48. The lowest BCUT2D eigenvalue weighted by atomic mass is 9.46. The first-order valence-electron chi connectivity index (χ1n) is 12.9. The molecule has 7 atom stereocenters. The number of carboxylic acid groups (broad SMARTS) is 2. The maximum absolute atomic E-state index is 13.6. The molecule has 10 heteroatoms. The van der Waals surface area contributed by atoms with Crippen LogP contribution in [-0.2, 0) is 33.5 Å². The van der Waals surface area contributed by atoms with Crippen LogP contribution in [0.4, 0.5) is 0 Å². The monoisotopic (exact) mass is 518 g/mol. The summed E-state index contributed by atoms with van der Waals surface area (Å²) in [5, 5.41) is 29.6. The van der Waals surface area contributed by atoms with Crippen LogP contribution in [0.3, 0.4) is 0 Å². The molecule has 3 fully saturated rings. The van der Waals surface area contributed by atoms with E-state index >= 15 is 0 Å². The third-order valence-corrected chi connectivity index (χ3v) is 9.82. The van der Waals surface area contributed by atoms with E-state index in [0.717, 1.165) is 5.57 Å². The molecule has 10 nitrogen and oxygen atoms in total. The number of allylic oxidation sites excluding steroid dienone is 1. The fourth-order valence-corrected chi connectivity index (χ4v) is 7.83. The van der Waals surface area contributed by atoms with Gasteiger partial charge in [0.25, 0.3) is 0 Å². The zero-order valence-corrected chi connectivity index (χ0v) is 21.2. The summed E-state index contributed by atoms with van der Waals surface area (Å²) >= 11 is 0. The van der Waals surface area contributed by atoms with Crippen molar-refractivity contribution in [2.75, 3.05) is 6.61 Å². The van der Waals surface area contributed by atoms with Crippen LogP contribution in [-0.4, -0.2) is 62.8 Å². The SMILES string of the molecule is C[C@]12CCC(=O)C=C1CC[C@@H]1[C@@H]2C(=O)C[C@@]2(C)[C@H]1CC[C@]2(O)C(=O)COC(=O)CC(CC(=O)O)C(=O)O. The summed E-state index contributed by atoms with van der Waals surface area (Å²) in [6.45, 7) is 3.03. The molecule has 4 aliphatic rings. The minimum absolute atomic E-state index is 0.00549. The molecule has 0 aromatic heterocycles. The van der Waals surface area contributed by atoms with Gasteiger partial charge in [-0.1, -0.05) is 19.4 Å². The molecule has 3 saturated carbocycles. The van der Waals surface area contributed by atoms with Crippen LogP contribution >= 0.6 is 0 Å². The molecule has 0 radical (unpaired) electrons. The molecule has 4 rings (SSSR count). The van der Waals surface area contributed by atoms with Gasteiger partial charge in [-0.3, -0.25) is 28.8 Å². The number of hydrogen-bond acceptors (Lipinski definition) is 8. The Hall–Kier alpha value is -2.88. The number of carbonyl (C=O) groups is 6. The molecule has 3 N–H and O–H groups in total. The van der Waals surface area contributed by atoms with E-state index in [1.165, 1.54) is 0 Å². The number of rotatable bonds is 8. The number of ether oxygens (including phenoxy) is 1. The maximum Gasteiger partial charge on any atom is 0.307 e. The Bertz CT molecular complexity index is 1090. The highest BCUT2D eigenvalue weighted by molar-refractivity contribution is 5.95. The van der Waals surface area contributed by atoms with E-state index in [-0.39, 0.29) is 42.2 Å². The van der Waals surface area contributed by atoms with Gasteiger partial charge in [-0.05, 0) is 55.4 Å². The molecule has 202 valence electrons. The number of hydrogen-bond donors (Lipinski definition) is 3. The maximum atomic E-state index is 13.6. The first-order valence-corrected chi connectivity index (χ1v) is 12.9. The Kier molecular flexibility index (Phi) is 6.94. The number of aliphatic carboxylic acids is 2. The third-order valence-electron chi connectivity index (χ3n) is 9.82. The van der Waals surface area contributed by atoms with Gasteiger partial charge in [-0.25, -0.2) is 0 Å². The van der Waals surface area contributed by atoms with Crippen molar-refractivity contribution in [2.45, 2.75) is 77.2 Å². The molecule has 0 heterocycles. The smallest absolute Gasteiger partial charge is 0.307 e. The lowest BCUT2D eigenvalue weighted by Gasteiger charge is -2.57. The lowest BCUT2D eigenvalue weighted by molar-refractivity contribution is -0.174. The molecule has 1 unspecified atom stereocenters. The molecule has 0 saturated heterocycles. The lowest BCUT2D eigenvalue weighted by Crippen LogP contribution is -2.61. The van der Waals surface area contributed by atoms with Crippen molar-refractivity contribution >= 4 is 35.3 Å². The number of carboxylic acids is 2. The molecule has 0 aromatic carbocycles. The van der Waals surface area contributed by atoms with Gasteiger partial charge in [0.05, 0.1) is 18.8 Å². The minimum atomic E-state index is -1.88. The van der Waals surface area contributed by atoms with E-state index in [1.54, 1.807) is 13.0 Å². The first kappa shape index (κ1) is 27.2. The van der Waals surface area contributed by atoms with E-state index in [1.807, 2.05) is 0 Å². The standard InChI is InChI=1S/C27H34O10/c1-25-7-5-16(28)11-15(25)3-4-17-18-6-8-27(36,26(18,2)12-19(29)23(17)25)20(30)13-37-22(33)10-14(24(34)35)9-21(31)32/h11,14,17-18,23,36H,3-10,12-13H2,1-2H3,(H,31,32)(H,34,35)/t14?,17-,18-,23+,25-,26-,27-/m0/s1. The number of esters is 1. The highest BCUT2D eigenvalue weighted by Gasteiger charge is 2.68. The van der Waals surface area contributed by atoms with Gasteiger partial charge in [0, 0.05) is 24.2 Å². The van der Waals surface area contributed by atoms with Crippen molar-refractivity contribution < 1.29 is 48.8 Å². The fraction of sp³-hybridized carbons (Fsp3) is 0.704. The molecular weight excluding hydrogens is 484 g/mol. The molecule has 0 aromatic rings. The van der Waals surface area contributed by atoms with Gasteiger partial charge in [0.2, 0.25) is 5.78 Å². The molecule has 0 amide bonds. The van der Waals surface area contributed by atoms with Crippen LogP contribution in [0.1, 0.15) is 71.6 Å². The van der Waals surface area contributed by atoms with Gasteiger partial charge in [0.1, 0.15) is 11.4 Å². The summed E-state index contributed by atoms with van der Waals surface area (Å²) < 4.78 is 4.97. The van der Waals surface area contributed by atoms with Crippen molar-refractivity contribution in [1.29, 1.82) is 0 Å². The van der Waals surface area contributed by atoms with Crippen LogP contribution in [0.5, 0.6) is 0 Å². The largest absolute Gasteiger partial charge is 0.481 e. The average molecular weight is 519 g/mol. The summed E-state index contributed by atoms with van der Waals surface area (Å²) in [5.74, 6) is -6.45. The highest BCUT2D eigenvalue weighted by Crippen LogP contribution is 2.66. The molecule has 0 aliphatic heterocycles. The number of aliphatic hydroxyl groups is 1. The normalized spacial score (nSPS) is 37.5. The van der Waals surface area contributed by atoms with Gasteiger partial charge in [0.15, 0.2) is 12.4 Å². The number of carbonyl (C=O) groups excluding carboxylic acids is 4. The molecule has 0 bridgehead atoms.